The molecular weight excluding hydrogens is 348 g/mol. The summed E-state index contributed by atoms with van der Waals surface area (Å²) in [6, 6.07) is 2.66. The average molecular weight is 359 g/mol. The molecule has 0 aliphatic carbocycles. The Kier molecular flexibility index (Phi) is 6.16. The van der Waals surface area contributed by atoms with Crippen molar-refractivity contribution >= 4 is 29.2 Å². The number of carbonyl (C=O) groups excluding carboxylic acids is 1. The second-order valence-electron chi connectivity index (χ2n) is 4.11. The van der Waals surface area contributed by atoms with E-state index in [1.807, 2.05) is 0 Å². The van der Waals surface area contributed by atoms with Crippen molar-refractivity contribution in [1.82, 2.24) is 0 Å². The topological polar surface area (TPSA) is 92.9 Å². The first-order valence-electron chi connectivity index (χ1n) is 6.01. The van der Waals surface area contributed by atoms with Crippen LogP contribution in [-0.4, -0.2) is 42.9 Å². The first-order chi connectivity index (χ1) is 10.6. The maximum Gasteiger partial charge on any atom is 0.490 e. The molecule has 0 saturated heterocycles. The molecule has 0 bridgehead atoms. The lowest BCUT2D eigenvalue weighted by atomic mass is 10.2. The van der Waals surface area contributed by atoms with Crippen molar-refractivity contribution in [3.63, 3.8) is 0 Å². The number of ether oxygens (including phenoxy) is 1. The van der Waals surface area contributed by atoms with Gasteiger partial charge in [-0.3, -0.25) is 4.79 Å². The molecule has 128 valence electrons. The molecule has 1 aliphatic rings. The number of nitrogens with two attached hydrogens (primary N) is 1. The highest BCUT2D eigenvalue weighted by atomic mass is 35.5. The predicted octanol–water partition coefficient (Wildman–Crippen LogP) is 1.80. The molecule has 0 aromatic heterocycles. The van der Waals surface area contributed by atoms with Crippen LogP contribution in [0.5, 0.6) is 5.75 Å². The van der Waals surface area contributed by atoms with Crippen molar-refractivity contribution in [2.45, 2.75) is 6.18 Å². The minimum atomic E-state index is -5.08. The summed E-state index contributed by atoms with van der Waals surface area (Å²) in [5.41, 5.74) is 5.75. The van der Waals surface area contributed by atoms with Crippen LogP contribution in [0.3, 0.4) is 0 Å². The van der Waals surface area contributed by atoms with E-state index in [2.05, 4.69) is 0 Å². The molecule has 1 aliphatic heterocycles. The number of nitrogens with zero attached hydrogens (tertiary/aromatic N) is 1. The summed E-state index contributed by atoms with van der Waals surface area (Å²) in [4.78, 5) is 21.9. The molecule has 6 nitrogen and oxygen atoms in total. The maximum atomic E-state index is 13.2. The number of hydrogen-bond acceptors (Lipinski definition) is 4. The van der Waals surface area contributed by atoms with E-state index < -0.39 is 18.0 Å². The molecule has 1 aromatic rings. The Morgan fingerprint density at radius 1 is 1.39 bits per heavy atom. The Hall–Kier alpha value is -2.07. The quantitative estimate of drug-likeness (QED) is 0.747. The largest absolute Gasteiger partial charge is 0.490 e. The lowest BCUT2D eigenvalue weighted by molar-refractivity contribution is -0.192. The van der Waals surface area contributed by atoms with Crippen LogP contribution in [0.25, 0.3) is 0 Å². The Morgan fingerprint density at radius 2 is 1.96 bits per heavy atom. The van der Waals surface area contributed by atoms with Gasteiger partial charge in [0.25, 0.3) is 0 Å². The molecule has 0 fully saturated rings. The van der Waals surface area contributed by atoms with Gasteiger partial charge in [0.2, 0.25) is 5.91 Å². The maximum absolute atomic E-state index is 13.2. The van der Waals surface area contributed by atoms with E-state index in [0.29, 0.717) is 12.2 Å². The van der Waals surface area contributed by atoms with Crippen LogP contribution in [0.2, 0.25) is 5.02 Å². The van der Waals surface area contributed by atoms with Gasteiger partial charge in [-0.25, -0.2) is 9.18 Å². The van der Waals surface area contributed by atoms with E-state index in [1.165, 1.54) is 17.0 Å². The zero-order chi connectivity index (χ0) is 17.8. The predicted molar refractivity (Wildman–Crippen MR) is 72.0 cm³/mol. The summed E-state index contributed by atoms with van der Waals surface area (Å²) in [5, 5.41) is 7.02. The van der Waals surface area contributed by atoms with Gasteiger partial charge in [-0.1, -0.05) is 11.6 Å². The third-order valence-electron chi connectivity index (χ3n) is 2.60. The number of carboxylic acids is 1. The van der Waals surface area contributed by atoms with Gasteiger partial charge in [0, 0.05) is 0 Å². The summed E-state index contributed by atoms with van der Waals surface area (Å²) in [6.45, 7) is 0.571. The van der Waals surface area contributed by atoms with Gasteiger partial charge in [0.05, 0.1) is 18.8 Å². The number of carbonyl (C=O) groups is 2. The van der Waals surface area contributed by atoms with E-state index in [0.717, 1.165) is 0 Å². The number of carboxylic acid groups (broad SMARTS) is 1. The fourth-order valence-electron chi connectivity index (χ4n) is 1.60. The van der Waals surface area contributed by atoms with Crippen molar-refractivity contribution in [1.29, 1.82) is 0 Å². The van der Waals surface area contributed by atoms with Crippen LogP contribution < -0.4 is 15.4 Å². The summed E-state index contributed by atoms with van der Waals surface area (Å²) in [5.74, 6) is -3.36. The van der Waals surface area contributed by atoms with E-state index in [4.69, 9.17) is 32.0 Å². The fourth-order valence-corrected chi connectivity index (χ4v) is 1.81. The van der Waals surface area contributed by atoms with Crippen molar-refractivity contribution < 1.29 is 37.0 Å². The van der Waals surface area contributed by atoms with E-state index in [9.17, 15) is 22.4 Å². The van der Waals surface area contributed by atoms with Crippen molar-refractivity contribution in [3.8, 4) is 5.75 Å². The molecule has 23 heavy (non-hydrogen) atoms. The second-order valence-corrected chi connectivity index (χ2v) is 4.49. The molecule has 1 amide bonds. The number of aliphatic carboxylic acids is 1. The summed E-state index contributed by atoms with van der Waals surface area (Å²) < 4.78 is 50.2. The molecule has 0 unspecified atom stereocenters. The number of benzene rings is 1. The third kappa shape index (κ3) is 4.70. The van der Waals surface area contributed by atoms with Crippen molar-refractivity contribution in [3.05, 3.63) is 23.0 Å². The van der Waals surface area contributed by atoms with Gasteiger partial charge in [0.15, 0.2) is 5.75 Å². The number of alkyl halides is 3. The van der Waals surface area contributed by atoms with Crippen LogP contribution in [0.15, 0.2) is 12.1 Å². The van der Waals surface area contributed by atoms with Crippen LogP contribution in [-0.2, 0) is 9.59 Å². The smallest absolute Gasteiger partial charge is 0.488 e. The molecule has 2 rings (SSSR count). The molecule has 0 atom stereocenters. The highest BCUT2D eigenvalue weighted by Gasteiger charge is 2.38. The highest BCUT2D eigenvalue weighted by Crippen LogP contribution is 2.39. The fraction of sp³-hybridized carbons (Fsp3) is 0.333. The molecule has 1 aromatic carbocycles. The highest BCUT2D eigenvalue weighted by molar-refractivity contribution is 6.32. The zero-order valence-corrected chi connectivity index (χ0v) is 12.1. The molecule has 3 N–H and O–H groups in total. The summed E-state index contributed by atoms with van der Waals surface area (Å²) in [7, 11) is 0. The van der Waals surface area contributed by atoms with E-state index >= 15 is 0 Å². The molecular formula is C12H11ClF4N2O4. The van der Waals surface area contributed by atoms with Crippen LogP contribution in [0.1, 0.15) is 0 Å². The third-order valence-corrected chi connectivity index (χ3v) is 2.95. The molecule has 11 heteroatoms. The SMILES string of the molecule is NCC(=O)N1CCOc2c1ccc(F)c2Cl.O=C(O)C(F)(F)F. The Bertz CT molecular complexity index is 609. The number of fused-ring (bicyclic) bond motifs is 1. The Morgan fingerprint density at radius 3 is 2.43 bits per heavy atom. The number of anilines is 1. The van der Waals surface area contributed by atoms with Gasteiger partial charge in [-0.2, -0.15) is 13.2 Å². The van der Waals surface area contributed by atoms with Crippen molar-refractivity contribution in [2.24, 2.45) is 5.73 Å². The van der Waals surface area contributed by atoms with Gasteiger partial charge < -0.3 is 20.5 Å². The minimum Gasteiger partial charge on any atom is -0.488 e. The Balaban J connectivity index is 0.000000322. The average Bonchev–Trinajstić information content (AvgIpc) is 2.49. The zero-order valence-electron chi connectivity index (χ0n) is 11.4. The standard InChI is InChI=1S/C10H10ClFN2O2.C2HF3O2/c11-9-6(12)1-2-7-10(9)16-4-3-14(7)8(15)5-13;3-2(4,5)1(6)7/h1-2H,3-5,13H2;(H,6,7). The monoisotopic (exact) mass is 358 g/mol. The minimum absolute atomic E-state index is 0.103. The van der Waals surface area contributed by atoms with Gasteiger partial charge >= 0.3 is 12.1 Å². The lowest BCUT2D eigenvalue weighted by Gasteiger charge is -2.29. The van der Waals surface area contributed by atoms with E-state index in [-0.39, 0.29) is 29.8 Å². The lowest BCUT2D eigenvalue weighted by Crippen LogP contribution is -2.41. The Labute approximate surface area is 132 Å². The van der Waals surface area contributed by atoms with E-state index in [1.54, 1.807) is 0 Å². The van der Waals surface area contributed by atoms with Gasteiger partial charge in [0.1, 0.15) is 17.4 Å². The molecule has 0 saturated carbocycles. The second kappa shape index (κ2) is 7.47. The number of halogens is 5. The normalized spacial score (nSPS) is 13.4. The number of amides is 1. The molecule has 0 spiro atoms. The van der Waals surface area contributed by atoms with Gasteiger partial charge in [-0.15, -0.1) is 0 Å². The van der Waals surface area contributed by atoms with Crippen LogP contribution >= 0.6 is 11.6 Å². The number of rotatable bonds is 1. The molecule has 0 radical (unpaired) electrons. The summed E-state index contributed by atoms with van der Waals surface area (Å²) >= 11 is 5.76. The first kappa shape index (κ1) is 19.0. The van der Waals surface area contributed by atoms with Gasteiger partial charge in [-0.05, 0) is 12.1 Å². The van der Waals surface area contributed by atoms with Crippen LogP contribution in [0, 0.1) is 5.82 Å². The number of hydrogen-bond donors (Lipinski definition) is 2. The first-order valence-corrected chi connectivity index (χ1v) is 6.38. The molecule has 1 heterocycles. The van der Waals surface area contributed by atoms with Crippen molar-refractivity contribution in [2.75, 3.05) is 24.6 Å². The van der Waals surface area contributed by atoms with Crippen LogP contribution in [0.4, 0.5) is 23.2 Å². The summed E-state index contributed by atoms with van der Waals surface area (Å²) in [6.07, 6.45) is -5.08.